The minimum Gasteiger partial charge on any atom is -0.343 e. The maximum atomic E-state index is 15.1. The molecule has 1 aromatic heterocycles. The summed E-state index contributed by atoms with van der Waals surface area (Å²) in [5, 5.41) is 14.5. The summed E-state index contributed by atoms with van der Waals surface area (Å²) < 4.78 is 29.5. The Kier molecular flexibility index (Phi) is 6.51. The lowest BCUT2D eigenvalue weighted by Gasteiger charge is -2.27. The summed E-state index contributed by atoms with van der Waals surface area (Å²) in [5.74, 6) is -0.585. The zero-order valence-corrected chi connectivity index (χ0v) is 20.2. The van der Waals surface area contributed by atoms with Crippen LogP contribution in [0, 0.1) is 19.7 Å². The van der Waals surface area contributed by atoms with Crippen LogP contribution >= 0.6 is 0 Å². The van der Waals surface area contributed by atoms with Gasteiger partial charge < -0.3 is 10.2 Å². The van der Waals surface area contributed by atoms with Crippen molar-refractivity contribution in [3.05, 3.63) is 76.4 Å². The number of nitrogens with one attached hydrogen (secondary N) is 1. The van der Waals surface area contributed by atoms with Crippen molar-refractivity contribution in [3.63, 3.8) is 0 Å². The van der Waals surface area contributed by atoms with Crippen molar-refractivity contribution < 1.29 is 18.4 Å². The standard InChI is InChI=1S/C26H28F2N6O2/c1-15-10-19(11-21(28)24(15)17-8-9-17)25(18-6-4-3-5-7-18)29-26(36)22-12-20(27)13-33(22)23(35)14-34-31-16(2)30-32-34/h3-7,10-11,17,20,22,25H,8-9,12-14H2,1-2H3,(H,29,36)/t20-,22+,25+/m1/s1. The van der Waals surface area contributed by atoms with Crippen LogP contribution in [0.3, 0.4) is 0 Å². The van der Waals surface area contributed by atoms with Crippen LogP contribution in [0.4, 0.5) is 8.78 Å². The summed E-state index contributed by atoms with van der Waals surface area (Å²) >= 11 is 0. The molecule has 1 aliphatic heterocycles. The second kappa shape index (κ2) is 9.75. The Morgan fingerprint density at radius 1 is 1.14 bits per heavy atom. The molecule has 0 spiro atoms. The maximum Gasteiger partial charge on any atom is 0.247 e. The van der Waals surface area contributed by atoms with Gasteiger partial charge in [-0.2, -0.15) is 4.80 Å². The van der Waals surface area contributed by atoms with Gasteiger partial charge in [-0.1, -0.05) is 36.4 Å². The van der Waals surface area contributed by atoms with Gasteiger partial charge in [-0.3, -0.25) is 9.59 Å². The van der Waals surface area contributed by atoms with Crippen LogP contribution in [0.1, 0.15) is 59.3 Å². The number of hydrogen-bond acceptors (Lipinski definition) is 5. The normalized spacial score (nSPS) is 20.4. The van der Waals surface area contributed by atoms with Crippen LogP contribution in [-0.2, 0) is 16.1 Å². The first-order valence-electron chi connectivity index (χ1n) is 12.1. The predicted molar refractivity (Wildman–Crippen MR) is 127 cm³/mol. The summed E-state index contributed by atoms with van der Waals surface area (Å²) in [6.07, 6.45) is 0.519. The number of nitrogens with zero attached hydrogens (tertiary/aromatic N) is 5. The fourth-order valence-electron chi connectivity index (χ4n) is 4.99. The van der Waals surface area contributed by atoms with Crippen LogP contribution in [0.25, 0.3) is 0 Å². The molecule has 5 rings (SSSR count). The van der Waals surface area contributed by atoms with E-state index in [4.69, 9.17) is 0 Å². The molecule has 2 heterocycles. The SMILES string of the molecule is Cc1nnn(CC(=O)N2C[C@H](F)C[C@H]2C(=O)N[C@@H](c2ccccc2)c2cc(C)c(C3CC3)c(F)c2)n1. The molecule has 10 heteroatoms. The van der Waals surface area contributed by atoms with E-state index in [1.807, 2.05) is 43.3 Å². The van der Waals surface area contributed by atoms with Crippen molar-refractivity contribution in [2.75, 3.05) is 6.54 Å². The van der Waals surface area contributed by atoms with Crippen molar-refractivity contribution >= 4 is 11.8 Å². The Labute approximate surface area is 207 Å². The van der Waals surface area contributed by atoms with Gasteiger partial charge in [-0.15, -0.1) is 10.2 Å². The molecule has 3 aromatic rings. The Bertz CT molecular complexity index is 1250. The summed E-state index contributed by atoms with van der Waals surface area (Å²) in [6, 6.07) is 11.0. The highest BCUT2D eigenvalue weighted by atomic mass is 19.1. The van der Waals surface area contributed by atoms with Crippen molar-refractivity contribution in [2.45, 2.75) is 63.8 Å². The van der Waals surface area contributed by atoms with E-state index in [-0.39, 0.29) is 31.2 Å². The number of aryl methyl sites for hydroxylation is 2. The molecule has 1 saturated carbocycles. The van der Waals surface area contributed by atoms with E-state index >= 15 is 4.39 Å². The molecule has 0 unspecified atom stereocenters. The third-order valence-corrected chi connectivity index (χ3v) is 6.80. The number of rotatable bonds is 7. The van der Waals surface area contributed by atoms with Crippen molar-refractivity contribution in [1.82, 2.24) is 30.4 Å². The molecule has 0 radical (unpaired) electrons. The number of carbonyl (C=O) groups excluding carboxylic acids is 2. The molecule has 2 amide bonds. The first-order chi connectivity index (χ1) is 17.3. The minimum absolute atomic E-state index is 0.114. The molecular weight excluding hydrogens is 466 g/mol. The van der Waals surface area contributed by atoms with Gasteiger partial charge in [-0.25, -0.2) is 8.78 Å². The molecule has 1 saturated heterocycles. The average molecular weight is 495 g/mol. The van der Waals surface area contributed by atoms with Crippen molar-refractivity contribution in [1.29, 1.82) is 0 Å². The monoisotopic (exact) mass is 494 g/mol. The Balaban J connectivity index is 1.40. The molecule has 1 aliphatic carbocycles. The summed E-state index contributed by atoms with van der Waals surface area (Å²) in [5.41, 5.74) is 2.95. The van der Waals surface area contributed by atoms with Gasteiger partial charge in [-0.05, 0) is 66.1 Å². The number of alkyl halides is 1. The number of hydrogen-bond donors (Lipinski definition) is 1. The molecule has 36 heavy (non-hydrogen) atoms. The van der Waals surface area contributed by atoms with E-state index in [1.165, 1.54) is 11.0 Å². The zero-order valence-electron chi connectivity index (χ0n) is 20.2. The van der Waals surface area contributed by atoms with Gasteiger partial charge in [0, 0.05) is 6.42 Å². The lowest BCUT2D eigenvalue weighted by Crippen LogP contribution is -2.48. The lowest BCUT2D eigenvalue weighted by atomic mass is 9.93. The van der Waals surface area contributed by atoms with Crippen LogP contribution < -0.4 is 5.32 Å². The van der Waals surface area contributed by atoms with E-state index in [9.17, 15) is 14.0 Å². The highest BCUT2D eigenvalue weighted by molar-refractivity contribution is 5.88. The van der Waals surface area contributed by atoms with Crippen LogP contribution in [0.5, 0.6) is 0 Å². The second-order valence-corrected chi connectivity index (χ2v) is 9.62. The van der Waals surface area contributed by atoms with E-state index < -0.39 is 30.1 Å². The van der Waals surface area contributed by atoms with Gasteiger partial charge in [0.25, 0.3) is 0 Å². The Hall–Kier alpha value is -3.69. The van der Waals surface area contributed by atoms with Crippen LogP contribution in [0.2, 0.25) is 0 Å². The Morgan fingerprint density at radius 2 is 1.89 bits per heavy atom. The van der Waals surface area contributed by atoms with Crippen molar-refractivity contribution in [3.8, 4) is 0 Å². The molecule has 2 aliphatic rings. The van der Waals surface area contributed by atoms with E-state index in [2.05, 4.69) is 20.7 Å². The number of tetrazole rings is 1. The van der Waals surface area contributed by atoms with Crippen LogP contribution in [0.15, 0.2) is 42.5 Å². The summed E-state index contributed by atoms with van der Waals surface area (Å²) in [7, 11) is 0. The number of amides is 2. The van der Waals surface area contributed by atoms with E-state index in [0.29, 0.717) is 11.4 Å². The number of aromatic nitrogens is 4. The second-order valence-electron chi connectivity index (χ2n) is 9.62. The fourth-order valence-corrected chi connectivity index (χ4v) is 4.99. The molecule has 2 fully saturated rings. The van der Waals surface area contributed by atoms with E-state index in [1.54, 1.807) is 6.92 Å². The summed E-state index contributed by atoms with van der Waals surface area (Å²) in [6.45, 7) is 3.09. The van der Waals surface area contributed by atoms with Crippen molar-refractivity contribution in [2.24, 2.45) is 0 Å². The molecule has 1 N–H and O–H groups in total. The van der Waals surface area contributed by atoms with Gasteiger partial charge in [0.15, 0.2) is 5.82 Å². The zero-order chi connectivity index (χ0) is 25.4. The first-order valence-corrected chi connectivity index (χ1v) is 12.1. The topological polar surface area (TPSA) is 93.0 Å². The maximum absolute atomic E-state index is 15.1. The largest absolute Gasteiger partial charge is 0.343 e. The highest BCUT2D eigenvalue weighted by Gasteiger charge is 2.41. The fraction of sp³-hybridized carbons (Fsp3) is 0.423. The van der Waals surface area contributed by atoms with Gasteiger partial charge >= 0.3 is 0 Å². The smallest absolute Gasteiger partial charge is 0.247 e. The number of halogens is 2. The minimum atomic E-state index is -1.33. The van der Waals surface area contributed by atoms with E-state index in [0.717, 1.165) is 34.3 Å². The molecule has 2 aromatic carbocycles. The third-order valence-electron chi connectivity index (χ3n) is 6.80. The number of carbonyl (C=O) groups is 2. The molecule has 8 nitrogen and oxygen atoms in total. The molecular formula is C26H28F2N6O2. The Morgan fingerprint density at radius 3 is 2.53 bits per heavy atom. The number of benzene rings is 2. The molecule has 0 bridgehead atoms. The lowest BCUT2D eigenvalue weighted by molar-refractivity contribution is -0.139. The average Bonchev–Trinajstić information content (AvgIpc) is 3.47. The van der Waals surface area contributed by atoms with Gasteiger partial charge in [0.1, 0.15) is 24.6 Å². The number of likely N-dealkylation sites (tertiary alicyclic amines) is 1. The van der Waals surface area contributed by atoms with Gasteiger partial charge in [0.05, 0.1) is 12.6 Å². The predicted octanol–water partition coefficient (Wildman–Crippen LogP) is 3.15. The van der Waals surface area contributed by atoms with Crippen LogP contribution in [-0.4, -0.2) is 55.7 Å². The first kappa shape index (κ1) is 24.0. The molecule has 3 atom stereocenters. The highest BCUT2D eigenvalue weighted by Crippen LogP contribution is 2.43. The third kappa shape index (κ3) is 4.98. The summed E-state index contributed by atoms with van der Waals surface area (Å²) in [4.78, 5) is 28.7. The quantitative estimate of drug-likeness (QED) is 0.545. The van der Waals surface area contributed by atoms with Gasteiger partial charge in [0.2, 0.25) is 11.8 Å². The molecule has 188 valence electrons.